The number of rotatable bonds is 5. The number of aliphatic hydroxyl groups is 1. The third kappa shape index (κ3) is 3.99. The van der Waals surface area contributed by atoms with Crippen LogP contribution in [0.5, 0.6) is 11.5 Å². The number of β-amino-alcohol motifs (C(OH)–C–C–N with tert-alkyl or cyclic N) is 1. The van der Waals surface area contributed by atoms with Crippen LogP contribution >= 0.6 is 0 Å². The molecule has 2 aliphatic heterocycles. The van der Waals surface area contributed by atoms with Gasteiger partial charge in [-0.1, -0.05) is 24.3 Å². The minimum atomic E-state index is -0.544. The third-order valence-electron chi connectivity index (χ3n) is 7.50. The van der Waals surface area contributed by atoms with Gasteiger partial charge >= 0.3 is 0 Å². The van der Waals surface area contributed by atoms with Crippen LogP contribution in [-0.2, 0) is 10.2 Å². The molecule has 0 radical (unpaired) electrons. The first-order valence-corrected chi connectivity index (χ1v) is 12.3. The molecule has 7 nitrogen and oxygen atoms in total. The summed E-state index contributed by atoms with van der Waals surface area (Å²) < 4.78 is 10.9. The van der Waals surface area contributed by atoms with E-state index < -0.39 is 11.5 Å². The second-order valence-electron chi connectivity index (χ2n) is 9.90. The first kappa shape index (κ1) is 22.6. The fourth-order valence-corrected chi connectivity index (χ4v) is 5.13. The number of likely N-dealkylation sites (tertiary alicyclic amines) is 1. The molecule has 184 valence electrons. The number of carbonyl (C=O) groups is 2. The summed E-state index contributed by atoms with van der Waals surface area (Å²) >= 11 is 0. The van der Waals surface area contributed by atoms with E-state index >= 15 is 0 Å². The Kier molecular flexibility index (Phi) is 5.45. The number of carbonyl (C=O) groups excluding carboxylic acids is 2. The summed E-state index contributed by atoms with van der Waals surface area (Å²) in [6.07, 6.45) is 1.77. The van der Waals surface area contributed by atoms with E-state index in [1.165, 1.54) is 0 Å². The SMILES string of the molecule is Cc1ccc(NC(=O)C2(c3ccc4c(c3)OCO4)CC2)cc1-c1ccc(C(=O)N2CC[C@H](O)C2)cc1. The van der Waals surface area contributed by atoms with Gasteiger partial charge in [0.1, 0.15) is 0 Å². The van der Waals surface area contributed by atoms with Gasteiger partial charge in [-0.15, -0.1) is 0 Å². The molecule has 2 N–H and O–H groups in total. The maximum Gasteiger partial charge on any atom is 0.253 e. The van der Waals surface area contributed by atoms with Gasteiger partial charge in [0, 0.05) is 24.3 Å². The van der Waals surface area contributed by atoms with E-state index in [9.17, 15) is 14.7 Å². The predicted molar refractivity (Wildman–Crippen MR) is 135 cm³/mol. The molecule has 3 aromatic carbocycles. The van der Waals surface area contributed by atoms with E-state index in [0.717, 1.165) is 40.8 Å². The Labute approximate surface area is 209 Å². The summed E-state index contributed by atoms with van der Waals surface area (Å²) in [6, 6.07) is 19.2. The van der Waals surface area contributed by atoms with Crippen molar-refractivity contribution in [3.8, 4) is 22.6 Å². The van der Waals surface area contributed by atoms with Gasteiger partial charge in [-0.25, -0.2) is 0 Å². The van der Waals surface area contributed by atoms with E-state index in [4.69, 9.17) is 9.47 Å². The molecule has 3 aliphatic rings. The number of benzene rings is 3. The summed E-state index contributed by atoms with van der Waals surface area (Å²) in [5.41, 5.74) is 4.79. The zero-order chi connectivity index (χ0) is 24.9. The fraction of sp³-hybridized carbons (Fsp3) is 0.310. The first-order chi connectivity index (χ1) is 17.4. The number of nitrogens with one attached hydrogen (secondary N) is 1. The highest BCUT2D eigenvalue weighted by Gasteiger charge is 2.51. The molecule has 0 unspecified atom stereocenters. The molecule has 3 aromatic rings. The van der Waals surface area contributed by atoms with Crippen LogP contribution in [0.4, 0.5) is 5.69 Å². The molecule has 1 saturated heterocycles. The van der Waals surface area contributed by atoms with Gasteiger partial charge in [0.25, 0.3) is 5.91 Å². The molecular weight excluding hydrogens is 456 g/mol. The molecule has 2 heterocycles. The van der Waals surface area contributed by atoms with Crippen LogP contribution < -0.4 is 14.8 Å². The van der Waals surface area contributed by atoms with Crippen molar-refractivity contribution < 1.29 is 24.2 Å². The summed E-state index contributed by atoms with van der Waals surface area (Å²) in [4.78, 5) is 27.8. The second-order valence-corrected chi connectivity index (χ2v) is 9.90. The Balaban J connectivity index is 1.20. The molecule has 36 heavy (non-hydrogen) atoms. The summed E-state index contributed by atoms with van der Waals surface area (Å²) in [5.74, 6) is 1.31. The lowest BCUT2D eigenvalue weighted by molar-refractivity contribution is -0.118. The Morgan fingerprint density at radius 1 is 1.00 bits per heavy atom. The van der Waals surface area contributed by atoms with E-state index in [0.29, 0.717) is 36.6 Å². The van der Waals surface area contributed by atoms with Gasteiger partial charge in [-0.3, -0.25) is 9.59 Å². The van der Waals surface area contributed by atoms with Crippen LogP contribution in [0.25, 0.3) is 11.1 Å². The summed E-state index contributed by atoms with van der Waals surface area (Å²) in [6.45, 7) is 3.20. The largest absolute Gasteiger partial charge is 0.454 e. The maximum atomic E-state index is 13.4. The molecule has 2 fully saturated rings. The summed E-state index contributed by atoms with van der Waals surface area (Å²) in [5, 5.41) is 12.9. The number of hydrogen-bond acceptors (Lipinski definition) is 5. The second kappa shape index (κ2) is 8.68. The summed E-state index contributed by atoms with van der Waals surface area (Å²) in [7, 11) is 0. The Hall–Kier alpha value is -3.84. The van der Waals surface area contributed by atoms with Crippen LogP contribution in [0.2, 0.25) is 0 Å². The Morgan fingerprint density at radius 2 is 1.78 bits per heavy atom. The van der Waals surface area contributed by atoms with Gasteiger partial charge in [-0.2, -0.15) is 0 Å². The van der Waals surface area contributed by atoms with Crippen molar-refractivity contribution in [2.45, 2.75) is 37.7 Å². The fourth-order valence-electron chi connectivity index (χ4n) is 5.13. The van der Waals surface area contributed by atoms with Gasteiger partial charge in [0.15, 0.2) is 11.5 Å². The van der Waals surface area contributed by atoms with Gasteiger partial charge in [0.05, 0.1) is 11.5 Å². The molecule has 0 aromatic heterocycles. The van der Waals surface area contributed by atoms with Crippen molar-refractivity contribution in [3.05, 3.63) is 77.4 Å². The highest BCUT2D eigenvalue weighted by atomic mass is 16.7. The lowest BCUT2D eigenvalue weighted by Crippen LogP contribution is -2.29. The molecule has 2 amide bonds. The third-order valence-corrected chi connectivity index (χ3v) is 7.50. The van der Waals surface area contributed by atoms with Crippen molar-refractivity contribution in [2.24, 2.45) is 0 Å². The maximum absolute atomic E-state index is 13.4. The molecule has 1 atom stereocenters. The van der Waals surface area contributed by atoms with Crippen molar-refractivity contribution in [3.63, 3.8) is 0 Å². The van der Waals surface area contributed by atoms with E-state index in [-0.39, 0.29) is 18.6 Å². The molecule has 7 heteroatoms. The molecule has 1 saturated carbocycles. The lowest BCUT2D eigenvalue weighted by Gasteiger charge is -2.18. The number of aliphatic hydroxyl groups excluding tert-OH is 1. The van der Waals surface area contributed by atoms with Gasteiger partial charge in [-0.05, 0) is 84.8 Å². The predicted octanol–water partition coefficient (Wildman–Crippen LogP) is 4.27. The number of hydrogen-bond donors (Lipinski definition) is 2. The Morgan fingerprint density at radius 3 is 2.50 bits per heavy atom. The van der Waals surface area contributed by atoms with Crippen molar-refractivity contribution in [1.29, 1.82) is 0 Å². The average Bonchev–Trinajstić information content (AvgIpc) is 3.37. The lowest BCUT2D eigenvalue weighted by atomic mass is 9.94. The average molecular weight is 485 g/mol. The molecule has 0 bridgehead atoms. The van der Waals surface area contributed by atoms with Crippen molar-refractivity contribution >= 4 is 17.5 Å². The molecule has 0 spiro atoms. The minimum absolute atomic E-state index is 0.0232. The topological polar surface area (TPSA) is 88.1 Å². The Bertz CT molecular complexity index is 1350. The first-order valence-electron chi connectivity index (χ1n) is 12.3. The molecule has 6 rings (SSSR count). The molecular formula is C29H28N2O5. The quantitative estimate of drug-likeness (QED) is 0.565. The smallest absolute Gasteiger partial charge is 0.253 e. The van der Waals surface area contributed by atoms with Crippen LogP contribution in [-0.4, -0.2) is 47.8 Å². The van der Waals surface area contributed by atoms with E-state index in [2.05, 4.69) is 5.32 Å². The zero-order valence-corrected chi connectivity index (χ0v) is 20.1. The van der Waals surface area contributed by atoms with E-state index in [1.54, 1.807) is 4.90 Å². The number of aryl methyl sites for hydroxylation is 1. The van der Waals surface area contributed by atoms with Gasteiger partial charge in [0.2, 0.25) is 12.7 Å². The number of amides is 2. The number of nitrogens with zero attached hydrogens (tertiary/aromatic N) is 1. The molecule has 1 aliphatic carbocycles. The van der Waals surface area contributed by atoms with Gasteiger partial charge < -0.3 is 24.8 Å². The number of anilines is 1. The van der Waals surface area contributed by atoms with Crippen LogP contribution in [0.15, 0.2) is 60.7 Å². The highest BCUT2D eigenvalue weighted by molar-refractivity contribution is 6.02. The van der Waals surface area contributed by atoms with Crippen LogP contribution in [0.3, 0.4) is 0 Å². The normalized spacial score (nSPS) is 19.3. The van der Waals surface area contributed by atoms with Crippen molar-refractivity contribution in [2.75, 3.05) is 25.2 Å². The zero-order valence-electron chi connectivity index (χ0n) is 20.1. The monoisotopic (exact) mass is 484 g/mol. The highest BCUT2D eigenvalue weighted by Crippen LogP contribution is 2.51. The number of ether oxygens (including phenoxy) is 2. The van der Waals surface area contributed by atoms with Crippen LogP contribution in [0, 0.1) is 6.92 Å². The van der Waals surface area contributed by atoms with Crippen LogP contribution in [0.1, 0.15) is 40.7 Å². The minimum Gasteiger partial charge on any atom is -0.454 e. The van der Waals surface area contributed by atoms with Crippen molar-refractivity contribution in [1.82, 2.24) is 4.90 Å². The number of fused-ring (bicyclic) bond motifs is 1. The van der Waals surface area contributed by atoms with E-state index in [1.807, 2.05) is 67.6 Å². The standard InChI is InChI=1S/C29H28N2O5/c1-18-2-8-22(30-28(34)29(11-12-29)21-7-9-25-26(14-21)36-17-35-25)15-24(18)19-3-5-20(6-4-19)27(33)31-13-10-23(32)16-31/h2-9,14-15,23,32H,10-13,16-17H2,1H3,(H,30,34)/t23-/m0/s1.